The Morgan fingerprint density at radius 1 is 1.15 bits per heavy atom. The van der Waals surface area contributed by atoms with E-state index in [0.29, 0.717) is 34.3 Å². The van der Waals surface area contributed by atoms with E-state index in [1.807, 2.05) is 18.2 Å². The van der Waals surface area contributed by atoms with Crippen molar-refractivity contribution in [2.24, 2.45) is 23.5 Å². The summed E-state index contributed by atoms with van der Waals surface area (Å²) in [6.45, 7) is 0.376. The second-order valence-corrected chi connectivity index (χ2v) is 6.97. The van der Waals surface area contributed by atoms with E-state index in [2.05, 4.69) is 0 Å². The van der Waals surface area contributed by atoms with Gasteiger partial charge in [-0.15, -0.1) is 0 Å². The number of nitrogens with two attached hydrogens (primary N) is 1. The molecule has 0 spiro atoms. The number of fused-ring (bicyclic) bond motifs is 1. The first-order chi connectivity index (χ1) is 9.65. The second-order valence-electron chi connectivity index (χ2n) is 6.16. The highest BCUT2D eigenvalue weighted by atomic mass is 35.5. The van der Waals surface area contributed by atoms with Gasteiger partial charge in [0.05, 0.1) is 6.10 Å². The van der Waals surface area contributed by atoms with E-state index in [1.165, 1.54) is 25.7 Å². The van der Waals surface area contributed by atoms with Gasteiger partial charge in [0.25, 0.3) is 0 Å². The van der Waals surface area contributed by atoms with Crippen LogP contribution in [0.25, 0.3) is 0 Å². The van der Waals surface area contributed by atoms with Gasteiger partial charge in [-0.05, 0) is 48.3 Å². The molecule has 1 aromatic rings. The lowest BCUT2D eigenvalue weighted by Gasteiger charge is -2.24. The van der Waals surface area contributed by atoms with E-state index >= 15 is 0 Å². The Bertz CT molecular complexity index is 461. The predicted octanol–water partition coefficient (Wildman–Crippen LogP) is 3.83. The normalized spacial score (nSPS) is 31.5. The van der Waals surface area contributed by atoms with Gasteiger partial charge in [0.2, 0.25) is 0 Å². The van der Waals surface area contributed by atoms with Crippen LogP contribution in [0.5, 0.6) is 0 Å². The van der Waals surface area contributed by atoms with Crippen LogP contribution in [0.4, 0.5) is 0 Å². The monoisotopic (exact) mass is 313 g/mol. The molecule has 2 saturated carbocycles. The molecule has 2 aliphatic carbocycles. The molecule has 1 aromatic carbocycles. The van der Waals surface area contributed by atoms with Gasteiger partial charge < -0.3 is 10.8 Å². The average Bonchev–Trinajstić information content (AvgIpc) is 3.16. The fraction of sp³-hybridized carbons (Fsp3) is 0.625. The van der Waals surface area contributed by atoms with Gasteiger partial charge >= 0.3 is 0 Å². The Morgan fingerprint density at radius 2 is 1.70 bits per heavy atom. The summed E-state index contributed by atoms with van der Waals surface area (Å²) in [5, 5.41) is 12.0. The number of benzene rings is 1. The molecule has 2 fully saturated rings. The van der Waals surface area contributed by atoms with Crippen LogP contribution in [-0.4, -0.2) is 17.8 Å². The molecule has 3 rings (SSSR count). The predicted molar refractivity (Wildman–Crippen MR) is 83.2 cm³/mol. The third-order valence-electron chi connectivity index (χ3n) is 5.15. The van der Waals surface area contributed by atoms with Crippen LogP contribution in [0.1, 0.15) is 37.2 Å². The van der Waals surface area contributed by atoms with Crippen LogP contribution in [0.15, 0.2) is 18.2 Å². The average molecular weight is 314 g/mol. The highest BCUT2D eigenvalue weighted by Crippen LogP contribution is 2.59. The molecular weight excluding hydrogens is 293 g/mol. The van der Waals surface area contributed by atoms with E-state index in [4.69, 9.17) is 28.9 Å². The van der Waals surface area contributed by atoms with Crippen LogP contribution in [0, 0.1) is 17.8 Å². The van der Waals surface area contributed by atoms with E-state index in [-0.39, 0.29) is 5.92 Å². The minimum atomic E-state index is -0.425. The Morgan fingerprint density at radius 3 is 2.20 bits per heavy atom. The van der Waals surface area contributed by atoms with Crippen molar-refractivity contribution in [3.05, 3.63) is 33.8 Å². The summed E-state index contributed by atoms with van der Waals surface area (Å²) >= 11 is 12.5. The number of aliphatic hydroxyl groups excluding tert-OH is 1. The Kier molecular flexibility index (Phi) is 4.28. The number of rotatable bonds is 4. The standard InChI is InChI=1S/C16H21Cl2NO/c17-12-6-3-7-13(18)15(12)11(8-19)16(20)14-9-4-1-2-5-10(9)14/h3,6-7,9-11,14,16,20H,1-2,4-5,8,19H2. The first-order valence-electron chi connectivity index (χ1n) is 7.47. The molecule has 0 amide bonds. The molecular formula is C16H21Cl2NO. The first kappa shape index (κ1) is 14.6. The minimum absolute atomic E-state index is 0.160. The molecule has 2 aliphatic rings. The van der Waals surface area contributed by atoms with Gasteiger partial charge in [-0.3, -0.25) is 0 Å². The molecule has 0 aromatic heterocycles. The molecule has 0 bridgehead atoms. The Hall–Kier alpha value is -0.280. The first-order valence-corrected chi connectivity index (χ1v) is 8.22. The van der Waals surface area contributed by atoms with Gasteiger partial charge in [-0.25, -0.2) is 0 Å². The van der Waals surface area contributed by atoms with Crippen molar-refractivity contribution in [3.8, 4) is 0 Å². The lowest BCUT2D eigenvalue weighted by Crippen LogP contribution is -2.29. The van der Waals surface area contributed by atoms with E-state index in [0.717, 1.165) is 5.56 Å². The maximum atomic E-state index is 10.8. The topological polar surface area (TPSA) is 46.2 Å². The SMILES string of the molecule is NCC(c1c(Cl)cccc1Cl)C(O)C1C2CCCCC21. The number of hydrogen-bond acceptors (Lipinski definition) is 2. The summed E-state index contributed by atoms with van der Waals surface area (Å²) in [6.07, 6.45) is 4.67. The molecule has 20 heavy (non-hydrogen) atoms. The third-order valence-corrected chi connectivity index (χ3v) is 5.81. The van der Waals surface area contributed by atoms with Crippen LogP contribution >= 0.6 is 23.2 Å². The van der Waals surface area contributed by atoms with Crippen molar-refractivity contribution in [2.45, 2.75) is 37.7 Å². The number of hydrogen-bond donors (Lipinski definition) is 2. The molecule has 4 heteroatoms. The fourth-order valence-electron chi connectivity index (χ4n) is 4.12. The van der Waals surface area contributed by atoms with E-state index in [9.17, 15) is 5.11 Å². The van der Waals surface area contributed by atoms with Gasteiger partial charge in [0, 0.05) is 22.5 Å². The summed E-state index contributed by atoms with van der Waals surface area (Å²) in [5.74, 6) is 1.60. The van der Waals surface area contributed by atoms with Crippen molar-refractivity contribution in [1.82, 2.24) is 0 Å². The highest BCUT2D eigenvalue weighted by Gasteiger charge is 2.55. The van der Waals surface area contributed by atoms with E-state index in [1.54, 1.807) is 0 Å². The summed E-state index contributed by atoms with van der Waals surface area (Å²) in [4.78, 5) is 0. The quantitative estimate of drug-likeness (QED) is 0.887. The zero-order chi connectivity index (χ0) is 14.3. The highest BCUT2D eigenvalue weighted by molar-refractivity contribution is 6.36. The van der Waals surface area contributed by atoms with Gasteiger partial charge in [-0.2, -0.15) is 0 Å². The molecule has 4 unspecified atom stereocenters. The third kappa shape index (κ3) is 2.48. The number of halogens is 2. The van der Waals surface area contributed by atoms with E-state index < -0.39 is 6.10 Å². The number of aliphatic hydroxyl groups is 1. The largest absolute Gasteiger partial charge is 0.392 e. The molecule has 110 valence electrons. The molecule has 4 atom stereocenters. The summed E-state index contributed by atoms with van der Waals surface area (Å²) in [5.41, 5.74) is 6.74. The van der Waals surface area contributed by atoms with Crippen molar-refractivity contribution >= 4 is 23.2 Å². The van der Waals surface area contributed by atoms with Crippen LogP contribution < -0.4 is 5.73 Å². The van der Waals surface area contributed by atoms with Crippen molar-refractivity contribution < 1.29 is 5.11 Å². The summed E-state index contributed by atoms with van der Waals surface area (Å²) in [7, 11) is 0. The smallest absolute Gasteiger partial charge is 0.0655 e. The molecule has 0 saturated heterocycles. The summed E-state index contributed by atoms with van der Waals surface area (Å²) in [6, 6.07) is 5.46. The lowest BCUT2D eigenvalue weighted by atomic mass is 9.89. The maximum absolute atomic E-state index is 10.8. The fourth-order valence-corrected chi connectivity index (χ4v) is 4.79. The van der Waals surface area contributed by atoms with Crippen molar-refractivity contribution in [1.29, 1.82) is 0 Å². The maximum Gasteiger partial charge on any atom is 0.0655 e. The molecule has 0 radical (unpaired) electrons. The molecule has 3 N–H and O–H groups in total. The van der Waals surface area contributed by atoms with Crippen molar-refractivity contribution in [3.63, 3.8) is 0 Å². The van der Waals surface area contributed by atoms with Gasteiger partial charge in [0.15, 0.2) is 0 Å². The van der Waals surface area contributed by atoms with Crippen LogP contribution in [0.2, 0.25) is 10.0 Å². The molecule has 0 aliphatic heterocycles. The van der Waals surface area contributed by atoms with Crippen LogP contribution in [0.3, 0.4) is 0 Å². The zero-order valence-electron chi connectivity index (χ0n) is 11.4. The molecule has 0 heterocycles. The summed E-state index contributed by atoms with van der Waals surface area (Å²) < 4.78 is 0. The second kappa shape index (κ2) is 5.84. The van der Waals surface area contributed by atoms with Crippen molar-refractivity contribution in [2.75, 3.05) is 6.54 Å². The minimum Gasteiger partial charge on any atom is -0.392 e. The van der Waals surface area contributed by atoms with Gasteiger partial charge in [0.1, 0.15) is 0 Å². The zero-order valence-corrected chi connectivity index (χ0v) is 12.9. The Balaban J connectivity index is 1.83. The lowest BCUT2D eigenvalue weighted by molar-refractivity contribution is 0.112. The van der Waals surface area contributed by atoms with Gasteiger partial charge in [-0.1, -0.05) is 42.1 Å². The molecule has 2 nitrogen and oxygen atoms in total. The van der Waals surface area contributed by atoms with Crippen LogP contribution in [-0.2, 0) is 0 Å². The Labute approximate surface area is 130 Å².